The third kappa shape index (κ3) is 1.92. The first kappa shape index (κ1) is 11.7. The highest BCUT2D eigenvalue weighted by Crippen LogP contribution is 2.45. The van der Waals surface area contributed by atoms with E-state index in [1.54, 1.807) is 0 Å². The third-order valence-electron chi connectivity index (χ3n) is 3.02. The predicted molar refractivity (Wildman–Crippen MR) is 67.1 cm³/mol. The van der Waals surface area contributed by atoms with Crippen molar-refractivity contribution in [3.63, 3.8) is 0 Å². The molecule has 1 unspecified atom stereocenters. The number of rotatable bonds is 3. The van der Waals surface area contributed by atoms with Crippen LogP contribution in [-0.4, -0.2) is 13.3 Å². The smallest absolute Gasteiger partial charge is 0.231 e. The lowest BCUT2D eigenvalue weighted by Crippen LogP contribution is -2.06. The third-order valence-corrected chi connectivity index (χ3v) is 3.61. The van der Waals surface area contributed by atoms with E-state index in [-0.39, 0.29) is 0 Å². The van der Waals surface area contributed by atoms with Gasteiger partial charge in [-0.15, -0.1) is 0 Å². The van der Waals surface area contributed by atoms with E-state index in [1.165, 1.54) is 5.56 Å². The van der Waals surface area contributed by atoms with E-state index in [2.05, 4.69) is 35.8 Å². The van der Waals surface area contributed by atoms with Crippen LogP contribution in [0.1, 0.15) is 30.4 Å². The summed E-state index contributed by atoms with van der Waals surface area (Å²) in [5.74, 6) is 2.13. The van der Waals surface area contributed by atoms with Crippen LogP contribution in [0.2, 0.25) is 0 Å². The number of benzene rings is 1. The summed E-state index contributed by atoms with van der Waals surface area (Å²) in [5.41, 5.74) is 8.04. The quantitative estimate of drug-likeness (QED) is 0.929. The van der Waals surface area contributed by atoms with Crippen molar-refractivity contribution in [3.05, 3.63) is 21.7 Å². The fourth-order valence-electron chi connectivity index (χ4n) is 2.09. The molecule has 1 heterocycles. The maximum Gasteiger partial charge on any atom is 0.231 e. The van der Waals surface area contributed by atoms with E-state index in [1.807, 2.05) is 0 Å². The molecule has 0 saturated carbocycles. The number of nitrogens with two attached hydrogens (primary N) is 1. The van der Waals surface area contributed by atoms with Gasteiger partial charge in [0.1, 0.15) is 0 Å². The van der Waals surface area contributed by atoms with E-state index < -0.39 is 0 Å². The maximum absolute atomic E-state index is 5.60. The monoisotopic (exact) mass is 285 g/mol. The largest absolute Gasteiger partial charge is 0.453 e. The molecule has 0 bridgehead atoms. The molecule has 0 amide bonds. The fourth-order valence-corrected chi connectivity index (χ4v) is 2.63. The molecule has 16 heavy (non-hydrogen) atoms. The lowest BCUT2D eigenvalue weighted by Gasteiger charge is -2.16. The molecule has 0 aliphatic carbocycles. The average Bonchev–Trinajstić information content (AvgIpc) is 2.73. The molecule has 1 atom stereocenters. The molecule has 88 valence electrons. The highest BCUT2D eigenvalue weighted by Gasteiger charge is 2.23. The van der Waals surface area contributed by atoms with E-state index in [4.69, 9.17) is 15.2 Å². The van der Waals surface area contributed by atoms with Gasteiger partial charge < -0.3 is 15.2 Å². The van der Waals surface area contributed by atoms with E-state index in [0.29, 0.717) is 19.3 Å². The summed E-state index contributed by atoms with van der Waals surface area (Å²) in [6.07, 6.45) is 0.979. The van der Waals surface area contributed by atoms with Crippen molar-refractivity contribution in [1.82, 2.24) is 0 Å². The van der Waals surface area contributed by atoms with Crippen molar-refractivity contribution in [3.8, 4) is 11.5 Å². The van der Waals surface area contributed by atoms with Gasteiger partial charge in [0.2, 0.25) is 6.79 Å². The van der Waals surface area contributed by atoms with Gasteiger partial charge in [-0.25, -0.2) is 0 Å². The Labute approximate surface area is 104 Å². The average molecular weight is 286 g/mol. The maximum atomic E-state index is 5.60. The van der Waals surface area contributed by atoms with Crippen LogP contribution < -0.4 is 15.2 Å². The minimum atomic E-state index is 0.309. The Bertz CT molecular complexity index is 406. The Morgan fingerprint density at radius 2 is 2.12 bits per heavy atom. The van der Waals surface area contributed by atoms with Gasteiger partial charge in [0.05, 0.1) is 4.47 Å². The first-order valence-electron chi connectivity index (χ1n) is 5.43. The van der Waals surface area contributed by atoms with Gasteiger partial charge in [-0.2, -0.15) is 0 Å². The summed E-state index contributed by atoms with van der Waals surface area (Å²) in [6.45, 7) is 5.27. The van der Waals surface area contributed by atoms with Crippen molar-refractivity contribution in [2.24, 2.45) is 5.73 Å². The molecule has 0 radical (unpaired) electrons. The molecule has 0 spiro atoms. The van der Waals surface area contributed by atoms with Crippen molar-refractivity contribution >= 4 is 15.9 Å². The second kappa shape index (κ2) is 4.63. The van der Waals surface area contributed by atoms with Crippen LogP contribution in [-0.2, 0) is 0 Å². The second-order valence-corrected chi connectivity index (χ2v) is 4.97. The van der Waals surface area contributed by atoms with Gasteiger partial charge in [0, 0.05) is 0 Å². The standard InChI is InChI=1S/C12H16BrNO2/c1-7(3-4-14)9-5-10(13)12-11(8(9)2)15-6-16-12/h5,7H,3-4,6,14H2,1-2H3. The summed E-state index contributed by atoms with van der Waals surface area (Å²) in [7, 11) is 0. The van der Waals surface area contributed by atoms with Crippen molar-refractivity contribution < 1.29 is 9.47 Å². The Hall–Kier alpha value is -0.740. The predicted octanol–water partition coefficient (Wildman–Crippen LogP) is 2.94. The normalized spacial score (nSPS) is 15.2. The van der Waals surface area contributed by atoms with Crippen LogP contribution in [0.5, 0.6) is 11.5 Å². The summed E-state index contributed by atoms with van der Waals surface area (Å²) < 4.78 is 11.9. The number of hydrogen-bond donors (Lipinski definition) is 1. The Morgan fingerprint density at radius 1 is 1.44 bits per heavy atom. The zero-order chi connectivity index (χ0) is 11.7. The van der Waals surface area contributed by atoms with Crippen molar-refractivity contribution in [1.29, 1.82) is 0 Å². The van der Waals surface area contributed by atoms with Crippen LogP contribution in [0.4, 0.5) is 0 Å². The molecule has 0 saturated heterocycles. The lowest BCUT2D eigenvalue weighted by molar-refractivity contribution is 0.173. The zero-order valence-corrected chi connectivity index (χ0v) is 11.1. The Kier molecular flexibility index (Phi) is 3.40. The molecule has 1 aromatic carbocycles. The first-order valence-corrected chi connectivity index (χ1v) is 6.23. The van der Waals surface area contributed by atoms with Crippen molar-refractivity contribution in [2.45, 2.75) is 26.2 Å². The summed E-state index contributed by atoms with van der Waals surface area (Å²) in [5, 5.41) is 0. The Balaban J connectivity index is 2.44. The molecular formula is C12H16BrNO2. The number of halogens is 1. The molecule has 2 rings (SSSR count). The van der Waals surface area contributed by atoms with Gasteiger partial charge in [-0.05, 0) is 58.9 Å². The molecule has 2 N–H and O–H groups in total. The minimum absolute atomic E-state index is 0.309. The molecule has 3 nitrogen and oxygen atoms in total. The van der Waals surface area contributed by atoms with Crippen molar-refractivity contribution in [2.75, 3.05) is 13.3 Å². The second-order valence-electron chi connectivity index (χ2n) is 4.12. The van der Waals surface area contributed by atoms with Crippen LogP contribution in [0, 0.1) is 6.92 Å². The summed E-state index contributed by atoms with van der Waals surface area (Å²) in [6, 6.07) is 2.11. The van der Waals surface area contributed by atoms with Crippen LogP contribution >= 0.6 is 15.9 Å². The van der Waals surface area contributed by atoms with Gasteiger partial charge in [-0.3, -0.25) is 0 Å². The minimum Gasteiger partial charge on any atom is -0.453 e. The number of hydrogen-bond acceptors (Lipinski definition) is 3. The summed E-state index contributed by atoms with van der Waals surface area (Å²) in [4.78, 5) is 0. The van der Waals surface area contributed by atoms with Crippen LogP contribution in [0.25, 0.3) is 0 Å². The number of ether oxygens (including phenoxy) is 2. The van der Waals surface area contributed by atoms with Gasteiger partial charge in [0.25, 0.3) is 0 Å². The molecule has 0 fully saturated rings. The molecule has 0 aromatic heterocycles. The highest BCUT2D eigenvalue weighted by molar-refractivity contribution is 9.10. The summed E-state index contributed by atoms with van der Waals surface area (Å²) >= 11 is 3.52. The highest BCUT2D eigenvalue weighted by atomic mass is 79.9. The Morgan fingerprint density at radius 3 is 2.81 bits per heavy atom. The fraction of sp³-hybridized carbons (Fsp3) is 0.500. The van der Waals surface area contributed by atoms with Gasteiger partial charge in [-0.1, -0.05) is 6.92 Å². The molecule has 1 aliphatic rings. The molecular weight excluding hydrogens is 270 g/mol. The molecule has 1 aliphatic heterocycles. The molecule has 4 heteroatoms. The topological polar surface area (TPSA) is 44.5 Å². The van der Waals surface area contributed by atoms with E-state index in [0.717, 1.165) is 28.0 Å². The number of fused-ring (bicyclic) bond motifs is 1. The van der Waals surface area contributed by atoms with Crippen LogP contribution in [0.15, 0.2) is 10.5 Å². The first-order chi connectivity index (χ1) is 7.65. The zero-order valence-electron chi connectivity index (χ0n) is 9.55. The van der Waals surface area contributed by atoms with E-state index >= 15 is 0 Å². The van der Waals surface area contributed by atoms with Gasteiger partial charge >= 0.3 is 0 Å². The van der Waals surface area contributed by atoms with Crippen LogP contribution in [0.3, 0.4) is 0 Å². The lowest BCUT2D eigenvalue weighted by atomic mass is 9.93. The van der Waals surface area contributed by atoms with E-state index in [9.17, 15) is 0 Å². The van der Waals surface area contributed by atoms with Gasteiger partial charge in [0.15, 0.2) is 11.5 Å². The molecule has 1 aromatic rings. The SMILES string of the molecule is Cc1c(C(C)CCN)cc(Br)c2c1OCO2.